The molecule has 5 nitrogen and oxygen atoms in total. The average Bonchev–Trinajstić information content (AvgIpc) is 2.90. The molecule has 0 aliphatic rings. The molecule has 0 saturated heterocycles. The van der Waals surface area contributed by atoms with Crippen LogP contribution in [0.3, 0.4) is 0 Å². The molecule has 0 unspecified atom stereocenters. The number of nitrogens with zero attached hydrogens (tertiary/aromatic N) is 1. The van der Waals surface area contributed by atoms with Crippen LogP contribution in [0.4, 0.5) is 0 Å². The van der Waals surface area contributed by atoms with Gasteiger partial charge in [-0.3, -0.25) is 10.2 Å². The summed E-state index contributed by atoms with van der Waals surface area (Å²) in [5.74, 6) is 0. The highest BCUT2D eigenvalue weighted by molar-refractivity contribution is 5.49. The van der Waals surface area contributed by atoms with Crippen LogP contribution >= 0.6 is 0 Å². The third kappa shape index (κ3) is 6.75. The summed E-state index contributed by atoms with van der Waals surface area (Å²) in [5, 5.41) is 15.4. The van der Waals surface area contributed by atoms with Crippen molar-refractivity contribution >= 4 is 0 Å². The van der Waals surface area contributed by atoms with Crippen LogP contribution in [0.25, 0.3) is 0 Å². The number of nitrogens with two attached hydrogens (primary N) is 1. The molecule has 0 spiro atoms. The molecule has 0 heterocycles. The summed E-state index contributed by atoms with van der Waals surface area (Å²) in [6.45, 7) is 5.28. The van der Waals surface area contributed by atoms with Crippen LogP contribution in [0.5, 0.6) is 0 Å². The van der Waals surface area contributed by atoms with Crippen molar-refractivity contribution in [3.05, 3.63) is 108 Å². The zero-order valence-electron chi connectivity index (χ0n) is 20.2. The maximum Gasteiger partial charge on any atom is 0.0972 e. The summed E-state index contributed by atoms with van der Waals surface area (Å²) in [7, 11) is 0. The van der Waals surface area contributed by atoms with Gasteiger partial charge in [-0.05, 0) is 62.1 Å². The van der Waals surface area contributed by atoms with E-state index in [1.807, 2.05) is 0 Å². The molecule has 0 radical (unpaired) electrons. The van der Waals surface area contributed by atoms with Gasteiger partial charge < -0.3 is 16.2 Å². The number of hydrogen-bond acceptors (Lipinski definition) is 5. The molecule has 0 bridgehead atoms. The predicted octanol–water partition coefficient (Wildman–Crippen LogP) is 3.54. The number of aliphatic hydroxyl groups excluding tert-OH is 1. The van der Waals surface area contributed by atoms with Crippen molar-refractivity contribution in [3.8, 4) is 0 Å². The maximum absolute atomic E-state index is 8.85. The fraction of sp³-hybridized carbons (Fsp3) is 0.379. The summed E-state index contributed by atoms with van der Waals surface area (Å²) < 4.78 is 0. The third-order valence-electron chi connectivity index (χ3n) is 6.28. The van der Waals surface area contributed by atoms with Crippen molar-refractivity contribution in [2.75, 3.05) is 46.0 Å². The highest BCUT2D eigenvalue weighted by Gasteiger charge is 2.41. The van der Waals surface area contributed by atoms with Crippen LogP contribution in [0.2, 0.25) is 0 Å². The molecule has 0 aliphatic carbocycles. The molecule has 3 rings (SSSR count). The Morgan fingerprint density at radius 2 is 1.06 bits per heavy atom. The number of hydrogen-bond donors (Lipinski definition) is 4. The number of nitrogens with one attached hydrogen (secondary N) is 2. The summed E-state index contributed by atoms with van der Waals surface area (Å²) in [6, 6.07) is 32.6. The summed E-state index contributed by atoms with van der Waals surface area (Å²) in [5.41, 5.74) is 9.42. The van der Waals surface area contributed by atoms with Crippen molar-refractivity contribution in [1.82, 2.24) is 15.5 Å². The van der Waals surface area contributed by atoms with Crippen molar-refractivity contribution in [1.29, 1.82) is 0 Å². The molecule has 3 aromatic rings. The van der Waals surface area contributed by atoms with Gasteiger partial charge >= 0.3 is 0 Å². The third-order valence-corrected chi connectivity index (χ3v) is 6.28. The van der Waals surface area contributed by atoms with E-state index in [0.29, 0.717) is 6.54 Å². The number of rotatable bonds is 16. The zero-order chi connectivity index (χ0) is 23.9. The van der Waals surface area contributed by atoms with Crippen molar-refractivity contribution in [2.45, 2.75) is 24.8 Å². The molecule has 5 heteroatoms. The molecule has 0 atom stereocenters. The fourth-order valence-corrected chi connectivity index (χ4v) is 4.75. The van der Waals surface area contributed by atoms with Gasteiger partial charge in [0.15, 0.2) is 0 Å². The number of aliphatic hydroxyl groups is 1. The van der Waals surface area contributed by atoms with Gasteiger partial charge in [-0.15, -0.1) is 0 Å². The lowest BCUT2D eigenvalue weighted by Crippen LogP contribution is -2.49. The van der Waals surface area contributed by atoms with Gasteiger partial charge in [0.05, 0.1) is 12.3 Å². The standard InChI is InChI=1S/C29H40N4O/c30-19-10-23-33(24-12-22-31-20-11-21-32-25-34)29(26-13-4-1-5-14-26,27-15-6-2-7-16-27)28-17-8-3-9-18-28/h1-9,13-18,31-32,34H,10-12,19-25,30H2. The minimum atomic E-state index is -0.399. The van der Waals surface area contributed by atoms with Gasteiger partial charge in [0.25, 0.3) is 0 Å². The summed E-state index contributed by atoms with van der Waals surface area (Å²) in [4.78, 5) is 2.62. The van der Waals surface area contributed by atoms with Gasteiger partial charge in [-0.2, -0.15) is 0 Å². The Hall–Kier alpha value is -2.54. The van der Waals surface area contributed by atoms with E-state index >= 15 is 0 Å². The van der Waals surface area contributed by atoms with Crippen LogP contribution in [0.1, 0.15) is 36.0 Å². The van der Waals surface area contributed by atoms with Gasteiger partial charge in [0.1, 0.15) is 0 Å². The van der Waals surface area contributed by atoms with Crippen LogP contribution < -0.4 is 16.4 Å². The van der Waals surface area contributed by atoms with Gasteiger partial charge in [-0.25, -0.2) is 0 Å². The Kier molecular flexibility index (Phi) is 11.2. The first-order valence-electron chi connectivity index (χ1n) is 12.5. The second kappa shape index (κ2) is 14.7. The fourth-order valence-electron chi connectivity index (χ4n) is 4.75. The molecule has 5 N–H and O–H groups in total. The first-order valence-corrected chi connectivity index (χ1v) is 12.5. The zero-order valence-corrected chi connectivity index (χ0v) is 20.2. The average molecular weight is 461 g/mol. The van der Waals surface area contributed by atoms with Crippen LogP contribution in [0, 0.1) is 0 Å². The maximum atomic E-state index is 8.85. The number of benzene rings is 3. The molecule has 0 aliphatic heterocycles. The first-order chi connectivity index (χ1) is 16.8. The Labute approximate surface area is 205 Å². The van der Waals surface area contributed by atoms with Gasteiger partial charge in [0.2, 0.25) is 0 Å². The Morgan fingerprint density at radius 3 is 1.53 bits per heavy atom. The SMILES string of the molecule is NCCCN(CCCNCCCNCO)C(c1ccccc1)(c1ccccc1)c1ccccc1. The predicted molar refractivity (Wildman–Crippen MR) is 142 cm³/mol. The lowest BCUT2D eigenvalue weighted by molar-refractivity contribution is 0.153. The highest BCUT2D eigenvalue weighted by Crippen LogP contribution is 2.42. The van der Waals surface area contributed by atoms with E-state index in [9.17, 15) is 0 Å². The van der Waals surface area contributed by atoms with E-state index < -0.39 is 5.54 Å². The normalized spacial score (nSPS) is 11.7. The van der Waals surface area contributed by atoms with Gasteiger partial charge in [-0.1, -0.05) is 91.0 Å². The molecule has 0 amide bonds. The quantitative estimate of drug-likeness (QED) is 0.150. The largest absolute Gasteiger partial charge is 0.381 e. The Bertz CT molecular complexity index is 809. The second-order valence-corrected chi connectivity index (χ2v) is 8.55. The lowest BCUT2D eigenvalue weighted by Gasteiger charge is -2.46. The molecular formula is C29H40N4O. The topological polar surface area (TPSA) is 73.5 Å². The minimum Gasteiger partial charge on any atom is -0.381 e. The molecule has 3 aromatic carbocycles. The van der Waals surface area contributed by atoms with Gasteiger partial charge in [0, 0.05) is 13.1 Å². The summed E-state index contributed by atoms with van der Waals surface area (Å²) in [6.07, 6.45) is 2.97. The minimum absolute atomic E-state index is 0.0383. The highest BCUT2D eigenvalue weighted by atomic mass is 16.3. The second-order valence-electron chi connectivity index (χ2n) is 8.55. The van der Waals surface area contributed by atoms with Crippen LogP contribution in [-0.4, -0.2) is 56.0 Å². The van der Waals surface area contributed by atoms with E-state index in [1.54, 1.807) is 0 Å². The van der Waals surface area contributed by atoms with Crippen LogP contribution in [-0.2, 0) is 5.54 Å². The van der Waals surface area contributed by atoms with E-state index in [4.69, 9.17) is 10.8 Å². The van der Waals surface area contributed by atoms with Crippen molar-refractivity contribution in [3.63, 3.8) is 0 Å². The van der Waals surface area contributed by atoms with E-state index in [1.165, 1.54) is 16.7 Å². The molecule has 34 heavy (non-hydrogen) atoms. The first kappa shape index (κ1) is 26.1. The van der Waals surface area contributed by atoms with E-state index in [0.717, 1.165) is 52.0 Å². The lowest BCUT2D eigenvalue weighted by atomic mass is 9.75. The smallest absolute Gasteiger partial charge is 0.0972 e. The summed E-state index contributed by atoms with van der Waals surface area (Å²) >= 11 is 0. The molecular weight excluding hydrogens is 420 g/mol. The van der Waals surface area contributed by atoms with Crippen molar-refractivity contribution < 1.29 is 5.11 Å². The van der Waals surface area contributed by atoms with E-state index in [-0.39, 0.29) is 6.73 Å². The molecule has 0 saturated carbocycles. The van der Waals surface area contributed by atoms with Crippen molar-refractivity contribution in [2.24, 2.45) is 5.73 Å². The monoisotopic (exact) mass is 460 g/mol. The molecule has 0 fully saturated rings. The molecule has 0 aromatic heterocycles. The Morgan fingerprint density at radius 1 is 0.618 bits per heavy atom. The molecule has 182 valence electrons. The van der Waals surface area contributed by atoms with E-state index in [2.05, 4.69) is 107 Å². The Balaban J connectivity index is 1.94. The van der Waals surface area contributed by atoms with Crippen LogP contribution in [0.15, 0.2) is 91.0 Å².